The number of halogens is 1. The van der Waals surface area contributed by atoms with Crippen LogP contribution in [0.3, 0.4) is 0 Å². The maximum Gasteiger partial charge on any atom is 0.345 e. The summed E-state index contributed by atoms with van der Waals surface area (Å²) < 4.78 is 43.9. The minimum atomic E-state index is -1.59. The molecule has 7 rings (SSSR count). The number of nitrogen functional groups attached to an aromatic ring is 1. The van der Waals surface area contributed by atoms with Crippen molar-refractivity contribution >= 4 is 44.6 Å². The molecule has 2 N–H and O–H groups in total. The quantitative estimate of drug-likeness (QED) is 0.208. The number of aryl methyl sites for hydroxylation is 1. The second kappa shape index (κ2) is 11.1. The highest BCUT2D eigenvalue weighted by Crippen LogP contribution is 2.44. The maximum absolute atomic E-state index is 17.0. The molecule has 13 heteroatoms. The molecule has 2 aliphatic heterocycles. The van der Waals surface area contributed by atoms with Crippen LogP contribution in [0, 0.1) is 19.7 Å². The number of aromatic nitrogens is 6. The van der Waals surface area contributed by atoms with Crippen LogP contribution in [0.2, 0.25) is 0 Å². The van der Waals surface area contributed by atoms with E-state index in [2.05, 4.69) is 26.1 Å². The van der Waals surface area contributed by atoms with Crippen LogP contribution in [-0.4, -0.2) is 60.3 Å². The van der Waals surface area contributed by atoms with Crippen LogP contribution >= 0.6 is 0 Å². The van der Waals surface area contributed by atoms with E-state index in [9.17, 15) is 4.55 Å². The molecule has 3 unspecified atom stereocenters. The van der Waals surface area contributed by atoms with Gasteiger partial charge in [-0.25, -0.2) is 19.0 Å². The van der Waals surface area contributed by atoms with Crippen molar-refractivity contribution in [3.05, 3.63) is 53.1 Å². The van der Waals surface area contributed by atoms with Crippen LogP contribution in [0.1, 0.15) is 55.1 Å². The fourth-order valence-corrected chi connectivity index (χ4v) is 6.69. The zero-order chi connectivity index (χ0) is 30.7. The highest BCUT2D eigenvalue weighted by Gasteiger charge is 2.33. The van der Waals surface area contributed by atoms with Crippen molar-refractivity contribution in [2.45, 2.75) is 57.5 Å². The number of hydrogen-bond acceptors (Lipinski definition) is 10. The predicted octanol–water partition coefficient (Wildman–Crippen LogP) is 5.17. The lowest BCUT2D eigenvalue weighted by Crippen LogP contribution is -2.31. The van der Waals surface area contributed by atoms with Crippen molar-refractivity contribution in [3.63, 3.8) is 0 Å². The standard InChI is InChI=1S/C31H33FN8O3S/c1-16-14-21-20(15-35-40(21)22-9-5-6-12-42-22)23(17(16)2)26-25(32)27-24-29(38-31(37-27)44(4)41)39(11-13-43-30(24)36-26)18(3)19-8-7-10-34-28(19)33/h7-8,10,14-15,18,22H,5-6,9,11-13H2,1-4H3,(H2,33,34). The van der Waals surface area contributed by atoms with Gasteiger partial charge in [0.2, 0.25) is 5.88 Å². The molecule has 11 nitrogen and oxygen atoms in total. The molecule has 2 aliphatic rings. The fourth-order valence-electron chi connectivity index (χ4n) is 6.26. The van der Waals surface area contributed by atoms with E-state index < -0.39 is 17.0 Å². The highest BCUT2D eigenvalue weighted by atomic mass is 32.2. The van der Waals surface area contributed by atoms with Crippen LogP contribution in [-0.2, 0) is 15.9 Å². The van der Waals surface area contributed by atoms with Gasteiger partial charge in [-0.1, -0.05) is 6.07 Å². The van der Waals surface area contributed by atoms with Crippen LogP contribution in [0.4, 0.5) is 16.0 Å². The number of rotatable bonds is 5. The normalized spacial score (nSPS) is 18.3. The van der Waals surface area contributed by atoms with E-state index in [4.69, 9.17) is 20.2 Å². The SMILES string of the molecule is Cc1cc2c(cnn2C2CCCCO2)c(-c2nc3c4c(nc([S+](C)[O-])nc4c2F)N(C(C)c2cccnc2N)CCO3)c1C. The Morgan fingerprint density at radius 1 is 1.18 bits per heavy atom. The van der Waals surface area contributed by atoms with Gasteiger partial charge in [-0.15, -0.1) is 0 Å². The van der Waals surface area contributed by atoms with E-state index >= 15 is 4.39 Å². The Morgan fingerprint density at radius 2 is 2.02 bits per heavy atom. The molecule has 0 bridgehead atoms. The van der Waals surface area contributed by atoms with Gasteiger partial charge < -0.3 is 24.7 Å². The van der Waals surface area contributed by atoms with Gasteiger partial charge in [-0.05, 0) is 63.3 Å². The number of pyridine rings is 2. The second-order valence-corrected chi connectivity index (χ2v) is 12.6. The molecule has 1 saturated heterocycles. The Labute approximate surface area is 256 Å². The van der Waals surface area contributed by atoms with Gasteiger partial charge in [0.05, 0.1) is 24.3 Å². The molecule has 3 atom stereocenters. The van der Waals surface area contributed by atoms with Crippen molar-refractivity contribution in [1.82, 2.24) is 29.7 Å². The first-order chi connectivity index (χ1) is 21.2. The van der Waals surface area contributed by atoms with Gasteiger partial charge in [0, 0.05) is 40.5 Å². The van der Waals surface area contributed by atoms with Crippen molar-refractivity contribution < 1.29 is 18.4 Å². The van der Waals surface area contributed by atoms with E-state index in [0.717, 1.165) is 46.9 Å². The molecule has 44 heavy (non-hydrogen) atoms. The molecular weight excluding hydrogens is 583 g/mol. The lowest BCUT2D eigenvalue weighted by atomic mass is 9.95. The van der Waals surface area contributed by atoms with E-state index in [0.29, 0.717) is 35.7 Å². The first-order valence-electron chi connectivity index (χ1n) is 14.7. The second-order valence-electron chi connectivity index (χ2n) is 11.3. The smallest absolute Gasteiger partial charge is 0.345 e. The number of nitrogens with two attached hydrogens (primary N) is 1. The van der Waals surface area contributed by atoms with Crippen molar-refractivity contribution in [1.29, 1.82) is 0 Å². The van der Waals surface area contributed by atoms with Crippen LogP contribution in [0.15, 0.2) is 35.7 Å². The molecule has 1 aromatic carbocycles. The number of ether oxygens (including phenoxy) is 2. The molecule has 4 aromatic heterocycles. The monoisotopic (exact) mass is 616 g/mol. The number of nitrogens with zero attached hydrogens (tertiary/aromatic N) is 7. The number of anilines is 2. The Bertz CT molecular complexity index is 1910. The van der Waals surface area contributed by atoms with Crippen molar-refractivity contribution in [2.24, 2.45) is 0 Å². The summed E-state index contributed by atoms with van der Waals surface area (Å²) in [6.07, 6.45) is 7.60. The van der Waals surface area contributed by atoms with Gasteiger partial charge >= 0.3 is 5.16 Å². The molecule has 0 aliphatic carbocycles. The molecule has 0 spiro atoms. The van der Waals surface area contributed by atoms with Gasteiger partial charge in [-0.2, -0.15) is 15.1 Å². The van der Waals surface area contributed by atoms with E-state index in [1.807, 2.05) is 42.5 Å². The molecule has 5 aromatic rings. The third-order valence-corrected chi connectivity index (χ3v) is 9.39. The molecule has 1 fully saturated rings. The largest absolute Gasteiger partial charge is 0.609 e. The average molecular weight is 617 g/mol. The van der Waals surface area contributed by atoms with Crippen LogP contribution < -0.4 is 15.4 Å². The zero-order valence-corrected chi connectivity index (χ0v) is 25.8. The Hall–Kier alpha value is -4.07. The lowest BCUT2D eigenvalue weighted by Gasteiger charge is -2.30. The molecule has 0 amide bonds. The van der Waals surface area contributed by atoms with Crippen molar-refractivity contribution in [3.8, 4) is 17.1 Å². The van der Waals surface area contributed by atoms with Gasteiger partial charge in [0.1, 0.15) is 35.3 Å². The van der Waals surface area contributed by atoms with E-state index in [-0.39, 0.29) is 41.1 Å². The summed E-state index contributed by atoms with van der Waals surface area (Å²) >= 11 is -1.59. The topological polar surface area (TPSA) is 140 Å². The highest BCUT2D eigenvalue weighted by molar-refractivity contribution is 7.90. The lowest BCUT2D eigenvalue weighted by molar-refractivity contribution is -0.0366. The van der Waals surface area contributed by atoms with E-state index in [1.54, 1.807) is 12.4 Å². The molecular formula is C31H33FN8O3S. The summed E-state index contributed by atoms with van der Waals surface area (Å²) in [7, 11) is 0. The number of hydrogen-bond donors (Lipinski definition) is 1. The maximum atomic E-state index is 17.0. The van der Waals surface area contributed by atoms with Crippen molar-refractivity contribution in [2.75, 3.05) is 36.6 Å². The molecule has 6 heterocycles. The summed E-state index contributed by atoms with van der Waals surface area (Å²) in [6.45, 7) is 7.22. The Morgan fingerprint density at radius 3 is 2.77 bits per heavy atom. The number of fused-ring (bicyclic) bond motifs is 1. The first kappa shape index (κ1) is 28.7. The first-order valence-corrected chi connectivity index (χ1v) is 16.2. The fraction of sp³-hybridized carbons (Fsp3) is 0.387. The molecule has 0 radical (unpaired) electrons. The van der Waals surface area contributed by atoms with E-state index in [1.165, 1.54) is 6.26 Å². The number of benzene rings is 1. The molecule has 0 saturated carbocycles. The zero-order valence-electron chi connectivity index (χ0n) is 25.0. The third kappa shape index (κ3) is 4.61. The minimum Gasteiger partial charge on any atom is -0.609 e. The van der Waals surface area contributed by atoms with Gasteiger partial charge in [0.25, 0.3) is 0 Å². The summed E-state index contributed by atoms with van der Waals surface area (Å²) in [5.41, 5.74) is 10.4. The minimum absolute atomic E-state index is 0.00415. The average Bonchev–Trinajstić information content (AvgIpc) is 3.34. The summed E-state index contributed by atoms with van der Waals surface area (Å²) in [5.74, 6) is 0.336. The summed E-state index contributed by atoms with van der Waals surface area (Å²) in [6, 6.07) is 5.46. The van der Waals surface area contributed by atoms with Gasteiger partial charge in [0.15, 0.2) is 17.9 Å². The molecule has 228 valence electrons. The van der Waals surface area contributed by atoms with Crippen LogP contribution in [0.5, 0.6) is 5.88 Å². The summed E-state index contributed by atoms with van der Waals surface area (Å²) in [5, 5.41) is 5.78. The summed E-state index contributed by atoms with van der Waals surface area (Å²) in [4.78, 5) is 20.2. The van der Waals surface area contributed by atoms with Crippen LogP contribution in [0.25, 0.3) is 33.1 Å². The van der Waals surface area contributed by atoms with Gasteiger partial charge in [-0.3, -0.25) is 0 Å². The Kier molecular flexibility index (Phi) is 7.26. The third-order valence-electron chi connectivity index (χ3n) is 8.69. The Balaban J connectivity index is 1.47. The predicted molar refractivity (Wildman–Crippen MR) is 167 cm³/mol.